The molecule has 0 aliphatic heterocycles. The van der Waals surface area contributed by atoms with E-state index in [0.29, 0.717) is 17.4 Å². The Morgan fingerprint density at radius 1 is 1.37 bits per heavy atom. The van der Waals surface area contributed by atoms with Crippen LogP contribution in [0, 0.1) is 5.41 Å². The van der Waals surface area contributed by atoms with Crippen molar-refractivity contribution in [2.75, 3.05) is 5.73 Å². The second-order valence-corrected chi connectivity index (χ2v) is 6.02. The van der Waals surface area contributed by atoms with Crippen LogP contribution in [0.2, 0.25) is 0 Å². The standard InChI is InChI=1S/C15H19N3O/c1-15(2)8-4-7-12(15)14-17-13(18-19-14)10-5-3-6-11(16)9-10/h3,5-6,9,12H,4,7-8,16H2,1-2H3. The van der Waals surface area contributed by atoms with Crippen molar-refractivity contribution < 1.29 is 4.52 Å². The van der Waals surface area contributed by atoms with Gasteiger partial charge in [0.1, 0.15) is 0 Å². The molecule has 4 heteroatoms. The molecule has 19 heavy (non-hydrogen) atoms. The SMILES string of the molecule is CC1(C)CCCC1c1nc(-c2cccc(N)c2)no1. The lowest BCUT2D eigenvalue weighted by molar-refractivity contribution is 0.261. The van der Waals surface area contributed by atoms with Crippen molar-refractivity contribution in [3.8, 4) is 11.4 Å². The van der Waals surface area contributed by atoms with Crippen LogP contribution in [0.15, 0.2) is 28.8 Å². The lowest BCUT2D eigenvalue weighted by Gasteiger charge is -2.23. The molecule has 4 nitrogen and oxygen atoms in total. The molecule has 1 fully saturated rings. The number of nitrogens with zero attached hydrogens (tertiary/aromatic N) is 2. The summed E-state index contributed by atoms with van der Waals surface area (Å²) >= 11 is 0. The van der Waals surface area contributed by atoms with E-state index in [0.717, 1.165) is 17.9 Å². The summed E-state index contributed by atoms with van der Waals surface area (Å²) in [5.74, 6) is 1.76. The Morgan fingerprint density at radius 2 is 2.21 bits per heavy atom. The molecule has 1 aliphatic carbocycles. The van der Waals surface area contributed by atoms with Gasteiger partial charge in [0.05, 0.1) is 0 Å². The Bertz CT molecular complexity index is 589. The third-order valence-electron chi connectivity index (χ3n) is 4.14. The third-order valence-corrected chi connectivity index (χ3v) is 4.14. The highest BCUT2D eigenvalue weighted by Gasteiger charge is 2.39. The molecule has 3 rings (SSSR count). The van der Waals surface area contributed by atoms with E-state index >= 15 is 0 Å². The Kier molecular flexibility index (Phi) is 2.81. The van der Waals surface area contributed by atoms with Crippen LogP contribution < -0.4 is 5.73 Å². The van der Waals surface area contributed by atoms with Gasteiger partial charge in [0.25, 0.3) is 0 Å². The molecule has 1 heterocycles. The van der Waals surface area contributed by atoms with E-state index in [4.69, 9.17) is 10.3 Å². The zero-order chi connectivity index (χ0) is 13.5. The van der Waals surface area contributed by atoms with Crippen molar-refractivity contribution in [3.05, 3.63) is 30.2 Å². The van der Waals surface area contributed by atoms with Gasteiger partial charge in [-0.1, -0.05) is 37.6 Å². The van der Waals surface area contributed by atoms with Crippen LogP contribution in [-0.2, 0) is 0 Å². The molecule has 1 aromatic heterocycles. The van der Waals surface area contributed by atoms with Crippen LogP contribution in [0.5, 0.6) is 0 Å². The minimum absolute atomic E-state index is 0.250. The number of hydrogen-bond acceptors (Lipinski definition) is 4. The van der Waals surface area contributed by atoms with E-state index in [2.05, 4.69) is 24.0 Å². The van der Waals surface area contributed by atoms with Crippen molar-refractivity contribution in [1.29, 1.82) is 0 Å². The molecule has 0 amide bonds. The molecule has 2 N–H and O–H groups in total. The zero-order valence-corrected chi connectivity index (χ0v) is 11.4. The molecule has 2 aromatic rings. The van der Waals surface area contributed by atoms with Crippen molar-refractivity contribution in [2.45, 2.75) is 39.0 Å². The topological polar surface area (TPSA) is 64.9 Å². The Morgan fingerprint density at radius 3 is 2.89 bits per heavy atom. The molecular formula is C15H19N3O. The number of hydrogen-bond donors (Lipinski definition) is 1. The lowest BCUT2D eigenvalue weighted by Crippen LogP contribution is -2.15. The maximum atomic E-state index is 5.78. The van der Waals surface area contributed by atoms with Gasteiger partial charge in [-0.25, -0.2) is 0 Å². The summed E-state index contributed by atoms with van der Waals surface area (Å²) in [5, 5.41) is 4.10. The maximum Gasteiger partial charge on any atom is 0.230 e. The molecule has 1 aliphatic rings. The number of nitrogens with two attached hydrogens (primary N) is 1. The molecule has 100 valence electrons. The van der Waals surface area contributed by atoms with Gasteiger partial charge in [0.2, 0.25) is 11.7 Å². The van der Waals surface area contributed by atoms with Gasteiger partial charge in [-0.3, -0.25) is 0 Å². The normalized spacial score (nSPS) is 21.7. The lowest BCUT2D eigenvalue weighted by atomic mass is 9.82. The maximum absolute atomic E-state index is 5.78. The second kappa shape index (κ2) is 4.37. The van der Waals surface area contributed by atoms with Gasteiger partial charge in [0, 0.05) is 17.2 Å². The fraction of sp³-hybridized carbons (Fsp3) is 0.467. The predicted molar refractivity (Wildman–Crippen MR) is 74.5 cm³/mol. The van der Waals surface area contributed by atoms with Crippen LogP contribution in [-0.4, -0.2) is 10.1 Å². The fourth-order valence-corrected chi connectivity index (χ4v) is 2.96. The minimum Gasteiger partial charge on any atom is -0.399 e. The zero-order valence-electron chi connectivity index (χ0n) is 11.4. The van der Waals surface area contributed by atoms with Crippen molar-refractivity contribution >= 4 is 5.69 Å². The highest BCUT2D eigenvalue weighted by atomic mass is 16.5. The van der Waals surface area contributed by atoms with Crippen LogP contribution in [0.1, 0.15) is 44.9 Å². The van der Waals surface area contributed by atoms with Crippen molar-refractivity contribution in [3.63, 3.8) is 0 Å². The third kappa shape index (κ3) is 2.23. The number of aromatic nitrogens is 2. The molecule has 1 aromatic carbocycles. The van der Waals surface area contributed by atoms with Crippen molar-refractivity contribution in [1.82, 2.24) is 10.1 Å². The van der Waals surface area contributed by atoms with Gasteiger partial charge >= 0.3 is 0 Å². The van der Waals surface area contributed by atoms with Gasteiger partial charge in [-0.2, -0.15) is 4.98 Å². The summed E-state index contributed by atoms with van der Waals surface area (Å²) in [4.78, 5) is 4.57. The molecule has 1 atom stereocenters. The van der Waals surface area contributed by atoms with E-state index < -0.39 is 0 Å². The Balaban J connectivity index is 1.92. The fourth-order valence-electron chi connectivity index (χ4n) is 2.96. The molecule has 0 bridgehead atoms. The summed E-state index contributed by atoms with van der Waals surface area (Å²) in [6.45, 7) is 4.55. The molecule has 1 unspecified atom stereocenters. The number of anilines is 1. The van der Waals surface area contributed by atoms with Crippen LogP contribution in [0.4, 0.5) is 5.69 Å². The van der Waals surface area contributed by atoms with Crippen LogP contribution >= 0.6 is 0 Å². The summed E-state index contributed by atoms with van der Waals surface area (Å²) < 4.78 is 5.48. The first-order valence-corrected chi connectivity index (χ1v) is 6.76. The first-order chi connectivity index (χ1) is 9.06. The van der Waals surface area contributed by atoms with Gasteiger partial charge in [0.15, 0.2) is 0 Å². The van der Waals surface area contributed by atoms with E-state index in [-0.39, 0.29) is 5.41 Å². The Hall–Kier alpha value is -1.84. The summed E-state index contributed by atoms with van der Waals surface area (Å²) in [6, 6.07) is 7.57. The van der Waals surface area contributed by atoms with Gasteiger partial charge in [-0.05, 0) is 30.4 Å². The number of rotatable bonds is 2. The monoisotopic (exact) mass is 257 g/mol. The second-order valence-electron chi connectivity index (χ2n) is 6.02. The molecule has 1 saturated carbocycles. The van der Waals surface area contributed by atoms with E-state index in [1.165, 1.54) is 12.8 Å². The van der Waals surface area contributed by atoms with E-state index in [1.54, 1.807) is 0 Å². The number of nitrogen functional groups attached to an aromatic ring is 1. The number of benzene rings is 1. The first-order valence-electron chi connectivity index (χ1n) is 6.76. The highest BCUT2D eigenvalue weighted by molar-refractivity contribution is 5.60. The predicted octanol–water partition coefficient (Wildman–Crippen LogP) is 3.61. The van der Waals surface area contributed by atoms with E-state index in [1.807, 2.05) is 24.3 Å². The van der Waals surface area contributed by atoms with E-state index in [9.17, 15) is 0 Å². The van der Waals surface area contributed by atoms with Crippen LogP contribution in [0.25, 0.3) is 11.4 Å². The van der Waals surface area contributed by atoms with Crippen molar-refractivity contribution in [2.24, 2.45) is 5.41 Å². The Labute approximate surface area is 113 Å². The average Bonchev–Trinajstić information content (AvgIpc) is 2.95. The van der Waals surface area contributed by atoms with Gasteiger partial charge in [-0.15, -0.1) is 0 Å². The highest BCUT2D eigenvalue weighted by Crippen LogP contribution is 2.48. The average molecular weight is 257 g/mol. The van der Waals surface area contributed by atoms with Gasteiger partial charge < -0.3 is 10.3 Å². The molecule has 0 radical (unpaired) electrons. The first kappa shape index (κ1) is 12.2. The minimum atomic E-state index is 0.250. The molecule has 0 spiro atoms. The summed E-state index contributed by atoms with van der Waals surface area (Å²) in [5.41, 5.74) is 7.65. The largest absolute Gasteiger partial charge is 0.399 e. The molecular weight excluding hydrogens is 238 g/mol. The quantitative estimate of drug-likeness (QED) is 0.835. The molecule has 0 saturated heterocycles. The van der Waals surface area contributed by atoms with Crippen LogP contribution in [0.3, 0.4) is 0 Å². The summed E-state index contributed by atoms with van der Waals surface area (Å²) in [6.07, 6.45) is 3.58. The summed E-state index contributed by atoms with van der Waals surface area (Å²) in [7, 11) is 0. The smallest absolute Gasteiger partial charge is 0.230 e.